The Balaban J connectivity index is 2.08. The molecule has 19 heavy (non-hydrogen) atoms. The van der Waals surface area contributed by atoms with Crippen LogP contribution in [0.3, 0.4) is 0 Å². The number of benzene rings is 1. The first kappa shape index (κ1) is 13.2. The van der Waals surface area contributed by atoms with Crippen LogP contribution in [0.5, 0.6) is 5.75 Å². The zero-order valence-corrected chi connectivity index (χ0v) is 12.7. The number of thiocarbonyl (C=S) groups is 1. The zero-order valence-electron chi connectivity index (χ0n) is 10.2. The summed E-state index contributed by atoms with van der Waals surface area (Å²) in [7, 11) is -3.02. The summed E-state index contributed by atoms with van der Waals surface area (Å²) in [6, 6.07) is 6.77. The summed E-state index contributed by atoms with van der Waals surface area (Å²) in [6.07, 6.45) is 0. The van der Waals surface area contributed by atoms with Crippen molar-refractivity contribution in [1.82, 2.24) is 0 Å². The number of hydrogen-bond donors (Lipinski definition) is 1. The lowest BCUT2D eigenvalue weighted by atomic mass is 9.98. The van der Waals surface area contributed by atoms with Crippen LogP contribution >= 0.6 is 24.0 Å². The summed E-state index contributed by atoms with van der Waals surface area (Å²) in [5.74, 6) is 0.426. The van der Waals surface area contributed by atoms with Gasteiger partial charge in [-0.05, 0) is 19.1 Å². The molecule has 102 valence electrons. The lowest BCUT2D eigenvalue weighted by Crippen LogP contribution is -2.49. The normalized spacial score (nSPS) is 32.6. The fourth-order valence-corrected chi connectivity index (χ4v) is 7.72. The van der Waals surface area contributed by atoms with Gasteiger partial charge in [-0.15, -0.1) is 0 Å². The van der Waals surface area contributed by atoms with Gasteiger partial charge in [0.15, 0.2) is 9.84 Å². The molecule has 0 spiro atoms. The number of anilines is 1. The molecule has 0 amide bonds. The van der Waals surface area contributed by atoms with Crippen LogP contribution < -0.4 is 4.90 Å². The molecule has 0 saturated carbocycles. The van der Waals surface area contributed by atoms with E-state index in [1.54, 1.807) is 18.2 Å². The molecule has 2 aliphatic rings. The van der Waals surface area contributed by atoms with Gasteiger partial charge in [0.1, 0.15) is 10.1 Å². The number of rotatable bonds is 1. The number of phenolic OH excluding ortho intramolecular Hbond substituents is 1. The van der Waals surface area contributed by atoms with Crippen molar-refractivity contribution in [1.29, 1.82) is 0 Å². The van der Waals surface area contributed by atoms with E-state index in [1.165, 1.54) is 11.8 Å². The minimum Gasteiger partial charge on any atom is -0.508 e. The van der Waals surface area contributed by atoms with Crippen LogP contribution in [-0.4, -0.2) is 40.1 Å². The largest absolute Gasteiger partial charge is 0.508 e. The molecule has 0 aromatic heterocycles. The standard InChI is InChI=1S/C12H13NO3S3/c1-12-7-19(15,16)6-10(12)18-11(17)13(12)8-3-2-4-9(14)5-8/h2-5,10,14H,6-7H2,1H3/t10-,12+/m1/s1. The Morgan fingerprint density at radius 2 is 2.26 bits per heavy atom. The Bertz CT molecular complexity index is 658. The van der Waals surface area contributed by atoms with Crippen LogP contribution in [0.25, 0.3) is 0 Å². The second kappa shape index (κ2) is 4.10. The van der Waals surface area contributed by atoms with Crippen molar-refractivity contribution < 1.29 is 13.5 Å². The van der Waals surface area contributed by atoms with E-state index in [9.17, 15) is 13.5 Å². The van der Waals surface area contributed by atoms with Crippen LogP contribution in [0.2, 0.25) is 0 Å². The van der Waals surface area contributed by atoms with E-state index in [4.69, 9.17) is 12.2 Å². The van der Waals surface area contributed by atoms with Crippen LogP contribution in [0.15, 0.2) is 24.3 Å². The van der Waals surface area contributed by atoms with E-state index in [-0.39, 0.29) is 22.5 Å². The summed E-state index contributed by atoms with van der Waals surface area (Å²) >= 11 is 6.82. The molecule has 0 aliphatic carbocycles. The van der Waals surface area contributed by atoms with Crippen LogP contribution in [-0.2, 0) is 9.84 Å². The Morgan fingerprint density at radius 1 is 1.53 bits per heavy atom. The topological polar surface area (TPSA) is 57.6 Å². The van der Waals surface area contributed by atoms with Crippen molar-refractivity contribution in [3.8, 4) is 5.75 Å². The molecular formula is C12H13NO3S3. The van der Waals surface area contributed by atoms with Gasteiger partial charge in [-0.1, -0.05) is 30.0 Å². The van der Waals surface area contributed by atoms with E-state index in [2.05, 4.69) is 0 Å². The minimum atomic E-state index is -3.02. The van der Waals surface area contributed by atoms with E-state index in [0.29, 0.717) is 4.32 Å². The molecule has 7 heteroatoms. The predicted molar refractivity (Wildman–Crippen MR) is 81.6 cm³/mol. The summed E-state index contributed by atoms with van der Waals surface area (Å²) in [4.78, 5) is 1.88. The highest BCUT2D eigenvalue weighted by Gasteiger charge is 2.57. The van der Waals surface area contributed by atoms with Crippen molar-refractivity contribution in [2.75, 3.05) is 16.4 Å². The molecule has 2 heterocycles. The van der Waals surface area contributed by atoms with E-state index in [1.807, 2.05) is 17.9 Å². The van der Waals surface area contributed by atoms with Crippen LogP contribution in [0, 0.1) is 0 Å². The Labute approximate surface area is 121 Å². The van der Waals surface area contributed by atoms with Crippen molar-refractivity contribution in [2.24, 2.45) is 0 Å². The Morgan fingerprint density at radius 3 is 2.95 bits per heavy atom. The number of thioether (sulfide) groups is 1. The molecule has 1 N–H and O–H groups in total. The highest BCUT2D eigenvalue weighted by Crippen LogP contribution is 2.48. The monoisotopic (exact) mass is 315 g/mol. The maximum Gasteiger partial charge on any atom is 0.153 e. The summed E-state index contributed by atoms with van der Waals surface area (Å²) in [6.45, 7) is 1.93. The molecular weight excluding hydrogens is 302 g/mol. The third-order valence-corrected chi connectivity index (χ3v) is 7.53. The van der Waals surface area contributed by atoms with Crippen molar-refractivity contribution in [3.63, 3.8) is 0 Å². The lowest BCUT2D eigenvalue weighted by molar-refractivity contribution is 0.474. The lowest BCUT2D eigenvalue weighted by Gasteiger charge is -2.34. The molecule has 1 aromatic rings. The number of phenols is 1. The fraction of sp³-hybridized carbons (Fsp3) is 0.417. The maximum absolute atomic E-state index is 11.9. The molecule has 2 saturated heterocycles. The zero-order chi connectivity index (χ0) is 13.8. The first-order valence-corrected chi connectivity index (χ1v) is 8.93. The number of sulfone groups is 1. The smallest absolute Gasteiger partial charge is 0.153 e. The Kier molecular flexibility index (Phi) is 2.85. The highest BCUT2D eigenvalue weighted by molar-refractivity contribution is 8.24. The highest BCUT2D eigenvalue weighted by atomic mass is 32.2. The molecule has 1 aromatic carbocycles. The SMILES string of the molecule is C[C@]12CS(=O)(=O)C[C@H]1SC(=S)N2c1cccc(O)c1. The number of fused-ring (bicyclic) bond motifs is 1. The number of aromatic hydroxyl groups is 1. The third-order valence-electron chi connectivity index (χ3n) is 3.64. The molecule has 3 rings (SSSR count). The van der Waals surface area contributed by atoms with Crippen molar-refractivity contribution >= 4 is 43.8 Å². The third kappa shape index (κ3) is 2.04. The Hall–Kier alpha value is -0.790. The minimum absolute atomic E-state index is 0.0349. The van der Waals surface area contributed by atoms with Gasteiger partial charge in [-0.2, -0.15) is 0 Å². The van der Waals surface area contributed by atoms with Gasteiger partial charge in [0.05, 0.1) is 22.3 Å². The molecule has 2 aliphatic heterocycles. The van der Waals surface area contributed by atoms with Crippen LogP contribution in [0.4, 0.5) is 5.69 Å². The van der Waals surface area contributed by atoms with E-state index >= 15 is 0 Å². The van der Waals surface area contributed by atoms with Gasteiger partial charge in [0, 0.05) is 11.8 Å². The van der Waals surface area contributed by atoms with Crippen LogP contribution in [0.1, 0.15) is 6.92 Å². The quantitative estimate of drug-likeness (QED) is 0.797. The predicted octanol–water partition coefficient (Wildman–Crippen LogP) is 1.79. The first-order valence-electron chi connectivity index (χ1n) is 5.82. The van der Waals surface area contributed by atoms with E-state index < -0.39 is 15.4 Å². The second-order valence-corrected chi connectivity index (χ2v) is 9.09. The van der Waals surface area contributed by atoms with E-state index in [0.717, 1.165) is 5.69 Å². The number of hydrogen-bond acceptors (Lipinski definition) is 5. The van der Waals surface area contributed by atoms with Gasteiger partial charge in [0.25, 0.3) is 0 Å². The van der Waals surface area contributed by atoms with Gasteiger partial charge >= 0.3 is 0 Å². The average Bonchev–Trinajstić information content (AvgIpc) is 2.60. The second-order valence-electron chi connectivity index (χ2n) is 5.14. The van der Waals surface area contributed by atoms with Crippen molar-refractivity contribution in [3.05, 3.63) is 24.3 Å². The molecule has 4 nitrogen and oxygen atoms in total. The molecule has 0 unspecified atom stereocenters. The number of nitrogens with zero attached hydrogens (tertiary/aromatic N) is 1. The molecule has 0 radical (unpaired) electrons. The average molecular weight is 315 g/mol. The van der Waals surface area contributed by atoms with Crippen molar-refractivity contribution in [2.45, 2.75) is 17.7 Å². The summed E-state index contributed by atoms with van der Waals surface area (Å²) in [5.41, 5.74) is 0.230. The fourth-order valence-electron chi connectivity index (χ4n) is 2.79. The van der Waals surface area contributed by atoms with Gasteiger partial charge < -0.3 is 10.0 Å². The molecule has 0 bridgehead atoms. The summed E-state index contributed by atoms with van der Waals surface area (Å²) < 4.78 is 24.4. The first-order chi connectivity index (χ1) is 8.82. The maximum atomic E-state index is 11.9. The summed E-state index contributed by atoms with van der Waals surface area (Å²) in [5, 5.41) is 9.56. The van der Waals surface area contributed by atoms with Gasteiger partial charge in [-0.3, -0.25) is 0 Å². The van der Waals surface area contributed by atoms with Gasteiger partial charge in [-0.25, -0.2) is 8.42 Å². The molecule has 2 fully saturated rings. The van der Waals surface area contributed by atoms with Gasteiger partial charge in [0.2, 0.25) is 0 Å². The molecule has 2 atom stereocenters.